The van der Waals surface area contributed by atoms with Gasteiger partial charge < -0.3 is 20.3 Å². The third-order valence-electron chi connectivity index (χ3n) is 6.94. The average molecular weight is 402 g/mol. The highest BCUT2D eigenvalue weighted by Crippen LogP contribution is 2.54. The molecule has 3 fully saturated rings. The van der Waals surface area contributed by atoms with Crippen LogP contribution in [0.4, 0.5) is 17.3 Å². The first kappa shape index (κ1) is 20.2. The van der Waals surface area contributed by atoms with Gasteiger partial charge in [0.25, 0.3) is 0 Å². The summed E-state index contributed by atoms with van der Waals surface area (Å²) in [6.45, 7) is 12.0. The Morgan fingerprint density at radius 1 is 1.21 bits per heavy atom. The Morgan fingerprint density at radius 3 is 2.59 bits per heavy atom. The van der Waals surface area contributed by atoms with Gasteiger partial charge in [0, 0.05) is 25.7 Å². The summed E-state index contributed by atoms with van der Waals surface area (Å²) < 4.78 is 5.18. The maximum absolute atomic E-state index is 12.0. The summed E-state index contributed by atoms with van der Waals surface area (Å²) in [5.74, 6) is 1.59. The topological polar surface area (TPSA) is 84.6 Å². The molecule has 4 rings (SSSR count). The van der Waals surface area contributed by atoms with Gasteiger partial charge in [0.05, 0.1) is 12.5 Å². The summed E-state index contributed by atoms with van der Waals surface area (Å²) in [5.41, 5.74) is 7.98. The standard InChI is InChI=1S/C22H35N5O2/c1-5-29-20(28)15-6-8-26(9-7-15)18-17(23)19(25-14-24-18)27-13-22(4)11-16(27)10-21(2,3)12-22/h14-16H,5-13,23H2,1-4H3. The molecule has 2 saturated heterocycles. The summed E-state index contributed by atoms with van der Waals surface area (Å²) >= 11 is 0. The number of ether oxygens (including phenoxy) is 1. The van der Waals surface area contributed by atoms with Gasteiger partial charge >= 0.3 is 5.97 Å². The van der Waals surface area contributed by atoms with E-state index in [1.165, 1.54) is 19.3 Å². The first-order chi connectivity index (χ1) is 13.7. The Labute approximate surface area is 174 Å². The highest BCUT2D eigenvalue weighted by Gasteiger charge is 2.50. The molecule has 0 radical (unpaired) electrons. The molecule has 2 unspecified atom stereocenters. The van der Waals surface area contributed by atoms with E-state index in [0.717, 1.165) is 44.1 Å². The van der Waals surface area contributed by atoms with Crippen molar-refractivity contribution in [2.75, 3.05) is 41.8 Å². The van der Waals surface area contributed by atoms with Crippen LogP contribution in [0.15, 0.2) is 6.33 Å². The van der Waals surface area contributed by atoms with E-state index in [1.807, 2.05) is 6.92 Å². The van der Waals surface area contributed by atoms with Crippen LogP contribution in [0, 0.1) is 16.7 Å². The number of nitrogen functional groups attached to an aromatic ring is 1. The maximum atomic E-state index is 12.0. The molecule has 29 heavy (non-hydrogen) atoms. The van der Waals surface area contributed by atoms with Crippen molar-refractivity contribution in [3.05, 3.63) is 6.33 Å². The fourth-order valence-electron chi connectivity index (χ4n) is 6.15. The van der Waals surface area contributed by atoms with Gasteiger partial charge in [-0.25, -0.2) is 9.97 Å². The maximum Gasteiger partial charge on any atom is 0.309 e. The van der Waals surface area contributed by atoms with Crippen LogP contribution < -0.4 is 15.5 Å². The van der Waals surface area contributed by atoms with E-state index in [0.29, 0.717) is 29.2 Å². The van der Waals surface area contributed by atoms with Crippen LogP contribution in [0.5, 0.6) is 0 Å². The Morgan fingerprint density at radius 2 is 1.90 bits per heavy atom. The molecule has 160 valence electrons. The van der Waals surface area contributed by atoms with Gasteiger partial charge in [-0.3, -0.25) is 4.79 Å². The predicted molar refractivity (Wildman–Crippen MR) is 115 cm³/mol. The van der Waals surface area contributed by atoms with Crippen molar-refractivity contribution in [1.29, 1.82) is 0 Å². The lowest BCUT2D eigenvalue weighted by molar-refractivity contribution is -0.148. The summed E-state index contributed by atoms with van der Waals surface area (Å²) in [5, 5.41) is 0. The third-order valence-corrected chi connectivity index (χ3v) is 6.94. The largest absolute Gasteiger partial charge is 0.466 e. The molecule has 0 amide bonds. The van der Waals surface area contributed by atoms with Crippen molar-refractivity contribution >= 4 is 23.3 Å². The summed E-state index contributed by atoms with van der Waals surface area (Å²) in [6, 6.07) is 0.489. The zero-order valence-electron chi connectivity index (χ0n) is 18.3. The lowest BCUT2D eigenvalue weighted by atomic mass is 9.65. The number of anilines is 3. The van der Waals surface area contributed by atoms with Crippen LogP contribution in [0.1, 0.15) is 59.8 Å². The summed E-state index contributed by atoms with van der Waals surface area (Å²) in [6.07, 6.45) is 6.82. The van der Waals surface area contributed by atoms with E-state index >= 15 is 0 Å². The summed E-state index contributed by atoms with van der Waals surface area (Å²) in [4.78, 5) is 25.8. The van der Waals surface area contributed by atoms with Gasteiger partial charge in [-0.05, 0) is 49.9 Å². The van der Waals surface area contributed by atoms with Gasteiger partial charge in [-0.15, -0.1) is 0 Å². The van der Waals surface area contributed by atoms with Crippen LogP contribution in [0.3, 0.4) is 0 Å². The number of piperidine rings is 1. The van der Waals surface area contributed by atoms with Crippen LogP contribution in [-0.2, 0) is 9.53 Å². The minimum Gasteiger partial charge on any atom is -0.466 e. The van der Waals surface area contributed by atoms with Crippen molar-refractivity contribution < 1.29 is 9.53 Å². The minimum absolute atomic E-state index is 0.0197. The predicted octanol–water partition coefficient (Wildman–Crippen LogP) is 3.24. The van der Waals surface area contributed by atoms with Crippen LogP contribution in [0.25, 0.3) is 0 Å². The first-order valence-corrected chi connectivity index (χ1v) is 11.0. The Kier molecular flexibility index (Phi) is 5.11. The molecule has 7 heteroatoms. The molecule has 7 nitrogen and oxygen atoms in total. The number of hydrogen-bond donors (Lipinski definition) is 1. The second-order valence-corrected chi connectivity index (χ2v) is 10.3. The second-order valence-electron chi connectivity index (χ2n) is 10.3. The van der Waals surface area contributed by atoms with Crippen LogP contribution in [-0.4, -0.2) is 48.2 Å². The SMILES string of the molecule is CCOC(=O)C1CCN(c2ncnc(N3CC4(C)CC3CC(C)(C)C4)c2N)CC1. The molecular formula is C22H35N5O2. The molecule has 1 aromatic rings. The molecule has 0 aromatic carbocycles. The van der Waals surface area contributed by atoms with Crippen molar-refractivity contribution in [3.8, 4) is 0 Å². The number of aromatic nitrogens is 2. The second kappa shape index (κ2) is 7.33. The molecule has 2 aliphatic heterocycles. The normalized spacial score (nSPS) is 29.2. The summed E-state index contributed by atoms with van der Waals surface area (Å²) in [7, 11) is 0. The fourth-order valence-corrected chi connectivity index (χ4v) is 6.15. The number of fused-ring (bicyclic) bond motifs is 2. The molecule has 1 aliphatic carbocycles. The molecule has 2 bridgehead atoms. The highest BCUT2D eigenvalue weighted by molar-refractivity contribution is 5.77. The molecular weight excluding hydrogens is 366 g/mol. The van der Waals surface area contributed by atoms with E-state index in [1.54, 1.807) is 6.33 Å². The Hall–Kier alpha value is -2.05. The average Bonchev–Trinajstić information content (AvgIpc) is 2.91. The van der Waals surface area contributed by atoms with Gasteiger partial charge in [-0.2, -0.15) is 0 Å². The van der Waals surface area contributed by atoms with Crippen molar-refractivity contribution in [3.63, 3.8) is 0 Å². The Balaban J connectivity index is 1.51. The van der Waals surface area contributed by atoms with Crippen LogP contribution >= 0.6 is 0 Å². The number of rotatable bonds is 4. The molecule has 3 heterocycles. The number of carbonyl (C=O) groups excluding carboxylic acids is 1. The third kappa shape index (κ3) is 3.88. The van der Waals surface area contributed by atoms with Crippen molar-refractivity contribution in [1.82, 2.24) is 9.97 Å². The quantitative estimate of drug-likeness (QED) is 0.775. The molecule has 1 saturated carbocycles. The van der Waals surface area contributed by atoms with Crippen molar-refractivity contribution in [2.45, 2.75) is 65.8 Å². The molecule has 2 N–H and O–H groups in total. The first-order valence-electron chi connectivity index (χ1n) is 11.0. The number of carbonyl (C=O) groups is 1. The molecule has 2 atom stereocenters. The van der Waals surface area contributed by atoms with Gasteiger partial charge in [0.2, 0.25) is 0 Å². The van der Waals surface area contributed by atoms with E-state index in [2.05, 4.69) is 40.5 Å². The monoisotopic (exact) mass is 401 g/mol. The number of nitrogens with zero attached hydrogens (tertiary/aromatic N) is 4. The van der Waals surface area contributed by atoms with Gasteiger partial charge in [0.15, 0.2) is 11.6 Å². The van der Waals surface area contributed by atoms with E-state index < -0.39 is 0 Å². The van der Waals surface area contributed by atoms with Gasteiger partial charge in [0.1, 0.15) is 12.0 Å². The minimum atomic E-state index is -0.0799. The number of hydrogen-bond acceptors (Lipinski definition) is 7. The lowest BCUT2D eigenvalue weighted by Crippen LogP contribution is -2.38. The smallest absolute Gasteiger partial charge is 0.309 e. The molecule has 1 aromatic heterocycles. The fraction of sp³-hybridized carbons (Fsp3) is 0.773. The Bertz CT molecular complexity index is 774. The number of nitrogens with two attached hydrogens (primary N) is 1. The molecule has 3 aliphatic rings. The zero-order valence-corrected chi connectivity index (χ0v) is 18.3. The van der Waals surface area contributed by atoms with E-state index in [4.69, 9.17) is 10.5 Å². The van der Waals surface area contributed by atoms with Crippen molar-refractivity contribution in [2.24, 2.45) is 16.7 Å². The lowest BCUT2D eigenvalue weighted by Gasteiger charge is -2.39. The highest BCUT2D eigenvalue weighted by atomic mass is 16.5. The van der Waals surface area contributed by atoms with Gasteiger partial charge in [-0.1, -0.05) is 20.8 Å². The van der Waals surface area contributed by atoms with E-state index in [-0.39, 0.29) is 11.9 Å². The van der Waals surface area contributed by atoms with E-state index in [9.17, 15) is 4.79 Å². The number of esters is 1. The molecule has 0 spiro atoms. The van der Waals surface area contributed by atoms with Crippen LogP contribution in [0.2, 0.25) is 0 Å². The zero-order chi connectivity index (χ0) is 20.8.